The number of aryl methyl sites for hydroxylation is 1. The minimum Gasteiger partial charge on any atom is -0.477 e. The average Bonchev–Trinajstić information content (AvgIpc) is 2.82. The van der Waals surface area contributed by atoms with Gasteiger partial charge in [0.2, 0.25) is 5.89 Å². The Labute approximate surface area is 107 Å². The second-order valence-electron chi connectivity index (χ2n) is 3.55. The van der Waals surface area contributed by atoms with Crippen LogP contribution in [0, 0.1) is 28.4 Å². The number of nitrogens with zero attached hydrogens (tertiary/aromatic N) is 4. The van der Waals surface area contributed by atoms with Crippen LogP contribution in [0.25, 0.3) is 0 Å². The summed E-state index contributed by atoms with van der Waals surface area (Å²) < 4.78 is 10.3. The highest BCUT2D eigenvalue weighted by Gasteiger charge is 2.17. The largest absolute Gasteiger partial charge is 0.477 e. The molecule has 0 N–H and O–H groups in total. The first-order valence-electron chi connectivity index (χ1n) is 5.20. The summed E-state index contributed by atoms with van der Waals surface area (Å²) >= 11 is 0. The van der Waals surface area contributed by atoms with Crippen molar-refractivity contribution in [3.8, 4) is 11.8 Å². The molecule has 8 heteroatoms. The molecular formula is C11H8N4O4. The van der Waals surface area contributed by atoms with Crippen LogP contribution in [0.4, 0.5) is 5.69 Å². The molecule has 0 saturated carbocycles. The normalized spacial score (nSPS) is 9.89. The van der Waals surface area contributed by atoms with Gasteiger partial charge >= 0.3 is 5.69 Å². The van der Waals surface area contributed by atoms with Crippen molar-refractivity contribution in [2.75, 3.05) is 0 Å². The van der Waals surface area contributed by atoms with Crippen molar-refractivity contribution in [2.24, 2.45) is 0 Å². The molecule has 2 aromatic rings. The molecule has 1 heterocycles. The van der Waals surface area contributed by atoms with Crippen LogP contribution < -0.4 is 4.74 Å². The molecule has 0 atom stereocenters. The maximum Gasteiger partial charge on any atom is 0.312 e. The first-order chi connectivity index (χ1) is 9.10. The highest BCUT2D eigenvalue weighted by molar-refractivity contribution is 5.51. The van der Waals surface area contributed by atoms with E-state index < -0.39 is 4.92 Å². The highest BCUT2D eigenvalue weighted by atomic mass is 16.6. The summed E-state index contributed by atoms with van der Waals surface area (Å²) in [6, 6.07) is 5.77. The molecule has 0 saturated heterocycles. The molecule has 8 nitrogen and oxygen atoms in total. The minimum absolute atomic E-state index is 0.0415. The van der Waals surface area contributed by atoms with E-state index >= 15 is 0 Å². The zero-order valence-corrected chi connectivity index (χ0v) is 9.86. The molecule has 0 unspecified atom stereocenters. The third-order valence-electron chi connectivity index (χ3n) is 2.20. The first kappa shape index (κ1) is 12.5. The molecule has 1 aromatic carbocycles. The maximum absolute atomic E-state index is 10.9. The smallest absolute Gasteiger partial charge is 0.312 e. The molecule has 0 radical (unpaired) electrons. The van der Waals surface area contributed by atoms with Crippen LogP contribution in [0.3, 0.4) is 0 Å². The lowest BCUT2D eigenvalue weighted by Gasteiger charge is -2.04. The third kappa shape index (κ3) is 2.84. The van der Waals surface area contributed by atoms with Crippen LogP contribution in [0.2, 0.25) is 0 Å². The molecule has 0 fully saturated rings. The topological polar surface area (TPSA) is 115 Å². The van der Waals surface area contributed by atoms with E-state index in [0.29, 0.717) is 5.89 Å². The van der Waals surface area contributed by atoms with E-state index in [1.807, 2.05) is 6.07 Å². The van der Waals surface area contributed by atoms with Gasteiger partial charge in [-0.3, -0.25) is 10.1 Å². The van der Waals surface area contributed by atoms with Gasteiger partial charge in [0.1, 0.15) is 0 Å². The summed E-state index contributed by atoms with van der Waals surface area (Å²) in [4.78, 5) is 10.3. The zero-order chi connectivity index (χ0) is 13.8. The number of rotatable bonds is 4. The van der Waals surface area contributed by atoms with E-state index in [9.17, 15) is 10.1 Å². The van der Waals surface area contributed by atoms with Gasteiger partial charge in [0, 0.05) is 13.0 Å². The fourth-order valence-corrected chi connectivity index (χ4v) is 1.39. The average molecular weight is 260 g/mol. The summed E-state index contributed by atoms with van der Waals surface area (Å²) in [6.07, 6.45) is 0. The Balaban J connectivity index is 2.20. The van der Waals surface area contributed by atoms with Crippen LogP contribution in [-0.4, -0.2) is 15.1 Å². The summed E-state index contributed by atoms with van der Waals surface area (Å²) in [5, 5.41) is 26.9. The summed E-state index contributed by atoms with van der Waals surface area (Å²) in [6.45, 7) is 1.55. The van der Waals surface area contributed by atoms with E-state index in [1.54, 1.807) is 6.92 Å². The summed E-state index contributed by atoms with van der Waals surface area (Å²) in [5.41, 5.74) is -0.0945. The minimum atomic E-state index is -0.616. The molecule has 1 aromatic heterocycles. The first-order valence-corrected chi connectivity index (χ1v) is 5.20. The number of nitro groups is 1. The number of nitriles is 1. The zero-order valence-electron chi connectivity index (χ0n) is 9.86. The molecule has 0 spiro atoms. The molecule has 0 aliphatic carbocycles. The fraction of sp³-hybridized carbons (Fsp3) is 0.182. The molecule has 0 aliphatic rings. The number of hydrogen-bond acceptors (Lipinski definition) is 7. The molecule has 19 heavy (non-hydrogen) atoms. The van der Waals surface area contributed by atoms with Gasteiger partial charge in [-0.1, -0.05) is 0 Å². The Morgan fingerprint density at radius 1 is 1.53 bits per heavy atom. The lowest BCUT2D eigenvalue weighted by molar-refractivity contribution is -0.386. The lowest BCUT2D eigenvalue weighted by atomic mass is 10.2. The molecule has 0 bridgehead atoms. The number of hydrogen-bond donors (Lipinski definition) is 0. The fourth-order valence-electron chi connectivity index (χ4n) is 1.39. The van der Waals surface area contributed by atoms with Crippen molar-refractivity contribution in [3.05, 3.63) is 45.7 Å². The van der Waals surface area contributed by atoms with Crippen molar-refractivity contribution in [1.82, 2.24) is 10.2 Å². The second kappa shape index (κ2) is 5.14. The predicted molar refractivity (Wildman–Crippen MR) is 61.2 cm³/mol. The second-order valence-corrected chi connectivity index (χ2v) is 3.55. The van der Waals surface area contributed by atoms with Gasteiger partial charge < -0.3 is 9.15 Å². The molecule has 0 amide bonds. The molecule has 0 aliphatic heterocycles. The SMILES string of the molecule is Cc1nnc(COc2ccc(C#N)cc2[N+](=O)[O-])o1. The van der Waals surface area contributed by atoms with E-state index in [4.69, 9.17) is 14.4 Å². The van der Waals surface area contributed by atoms with Crippen LogP contribution in [0.1, 0.15) is 17.3 Å². The third-order valence-corrected chi connectivity index (χ3v) is 2.20. The number of aromatic nitrogens is 2. The van der Waals surface area contributed by atoms with Gasteiger partial charge in [-0.2, -0.15) is 5.26 Å². The Kier molecular flexibility index (Phi) is 3.38. The van der Waals surface area contributed by atoms with Gasteiger partial charge in [0.15, 0.2) is 12.4 Å². The highest BCUT2D eigenvalue weighted by Crippen LogP contribution is 2.28. The van der Waals surface area contributed by atoms with Crippen LogP contribution in [0.5, 0.6) is 5.75 Å². The van der Waals surface area contributed by atoms with Crippen molar-refractivity contribution in [3.63, 3.8) is 0 Å². The van der Waals surface area contributed by atoms with Gasteiger partial charge in [0.25, 0.3) is 5.89 Å². The van der Waals surface area contributed by atoms with Crippen LogP contribution in [0.15, 0.2) is 22.6 Å². The van der Waals surface area contributed by atoms with Gasteiger partial charge in [0.05, 0.1) is 16.6 Å². The Hall–Kier alpha value is -2.95. The van der Waals surface area contributed by atoms with E-state index in [0.717, 1.165) is 6.07 Å². The Bertz CT molecular complexity index is 659. The lowest BCUT2D eigenvalue weighted by Crippen LogP contribution is -2.00. The monoisotopic (exact) mass is 260 g/mol. The number of nitro benzene ring substituents is 1. The van der Waals surface area contributed by atoms with Crippen molar-refractivity contribution in [2.45, 2.75) is 13.5 Å². The van der Waals surface area contributed by atoms with Gasteiger partial charge in [-0.15, -0.1) is 10.2 Å². The Morgan fingerprint density at radius 2 is 2.32 bits per heavy atom. The van der Waals surface area contributed by atoms with Crippen molar-refractivity contribution in [1.29, 1.82) is 5.26 Å². The van der Waals surface area contributed by atoms with Crippen molar-refractivity contribution >= 4 is 5.69 Å². The predicted octanol–water partition coefficient (Wildman–Crippen LogP) is 1.74. The molecule has 96 valence electrons. The standard InChI is InChI=1S/C11H8N4O4/c1-7-13-14-11(19-7)6-18-10-3-2-8(5-12)4-9(10)15(16)17/h2-4H,6H2,1H3. The number of benzene rings is 1. The van der Waals surface area contributed by atoms with E-state index in [2.05, 4.69) is 10.2 Å². The number of ether oxygens (including phenoxy) is 1. The summed E-state index contributed by atoms with van der Waals surface area (Å²) in [5.74, 6) is 0.643. The quantitative estimate of drug-likeness (QED) is 0.607. The van der Waals surface area contributed by atoms with E-state index in [-0.39, 0.29) is 29.5 Å². The maximum atomic E-state index is 10.9. The van der Waals surface area contributed by atoms with Crippen molar-refractivity contribution < 1.29 is 14.1 Å². The van der Waals surface area contributed by atoms with Gasteiger partial charge in [-0.05, 0) is 12.1 Å². The molecule has 2 rings (SSSR count). The summed E-state index contributed by atoms with van der Waals surface area (Å²) in [7, 11) is 0. The van der Waals surface area contributed by atoms with Crippen LogP contribution in [-0.2, 0) is 6.61 Å². The van der Waals surface area contributed by atoms with E-state index in [1.165, 1.54) is 12.1 Å². The van der Waals surface area contributed by atoms with Crippen LogP contribution >= 0.6 is 0 Å². The molecular weight excluding hydrogens is 252 g/mol. The Morgan fingerprint density at radius 3 is 2.89 bits per heavy atom. The van der Waals surface area contributed by atoms with Gasteiger partial charge in [-0.25, -0.2) is 0 Å².